The highest BCUT2D eigenvalue weighted by Crippen LogP contribution is 2.15. The van der Waals surface area contributed by atoms with Gasteiger partial charge in [-0.15, -0.1) is 0 Å². The van der Waals surface area contributed by atoms with Crippen LogP contribution in [-0.2, 0) is 23.2 Å². The van der Waals surface area contributed by atoms with Gasteiger partial charge in [0, 0.05) is 5.69 Å². The molecule has 0 fully saturated rings. The Morgan fingerprint density at radius 2 is 1.84 bits per heavy atom. The first-order chi connectivity index (χ1) is 8.99. The highest BCUT2D eigenvalue weighted by molar-refractivity contribution is 7.89. The van der Waals surface area contributed by atoms with E-state index in [1.165, 1.54) is 6.07 Å². The van der Waals surface area contributed by atoms with Crippen LogP contribution in [0.4, 0.5) is 5.69 Å². The average molecular weight is 282 g/mol. The molecule has 1 aromatic heterocycles. The van der Waals surface area contributed by atoms with Gasteiger partial charge in [0.1, 0.15) is 5.76 Å². The summed E-state index contributed by atoms with van der Waals surface area (Å²) in [6.45, 7) is 0.337. The van der Waals surface area contributed by atoms with Gasteiger partial charge in [-0.05, 0) is 29.8 Å². The van der Waals surface area contributed by atoms with Gasteiger partial charge < -0.3 is 14.8 Å². The Hall–Kier alpha value is -1.83. The number of hydrogen-bond acceptors (Lipinski definition) is 5. The van der Waals surface area contributed by atoms with Crippen molar-refractivity contribution in [3.05, 3.63) is 47.7 Å². The van der Waals surface area contributed by atoms with Gasteiger partial charge in [-0.2, -0.15) is 0 Å². The molecule has 1 aromatic carbocycles. The maximum Gasteiger partial charge on any atom is 0.271 e. The maximum absolute atomic E-state index is 11.0. The molecule has 0 unspecified atom stereocenters. The Morgan fingerprint density at radius 1 is 1.16 bits per heavy atom. The summed E-state index contributed by atoms with van der Waals surface area (Å²) in [5, 5.41) is 16.7. The first kappa shape index (κ1) is 13.6. The number of hydrogen-bond donors (Lipinski definition) is 3. The maximum atomic E-state index is 11.0. The summed E-state index contributed by atoms with van der Waals surface area (Å²) in [5.74, 6) is 0.468. The lowest BCUT2D eigenvalue weighted by Crippen LogP contribution is -2.10. The Balaban J connectivity index is 2.00. The van der Waals surface area contributed by atoms with Crippen molar-refractivity contribution in [1.29, 1.82) is 0 Å². The molecule has 0 saturated carbocycles. The number of sulfonamides is 1. The normalized spacial score (nSPS) is 11.5. The van der Waals surface area contributed by atoms with E-state index >= 15 is 0 Å². The summed E-state index contributed by atoms with van der Waals surface area (Å²) in [5.41, 5.74) is 1.66. The third kappa shape index (κ3) is 3.57. The number of primary sulfonamides is 1. The zero-order chi connectivity index (χ0) is 13.9. The molecule has 2 rings (SSSR count). The fourth-order valence-electron chi connectivity index (χ4n) is 1.52. The van der Waals surface area contributed by atoms with E-state index < -0.39 is 10.0 Å². The lowest BCUT2D eigenvalue weighted by molar-refractivity contribution is 0.282. The van der Waals surface area contributed by atoms with Gasteiger partial charge in [0.2, 0.25) is 5.09 Å². The minimum atomic E-state index is -3.80. The van der Waals surface area contributed by atoms with Gasteiger partial charge >= 0.3 is 0 Å². The van der Waals surface area contributed by atoms with Gasteiger partial charge in [-0.25, -0.2) is 13.6 Å². The van der Waals surface area contributed by atoms with Crippen molar-refractivity contribution in [2.75, 3.05) is 5.32 Å². The van der Waals surface area contributed by atoms with E-state index in [9.17, 15) is 8.42 Å². The predicted octanol–water partition coefficient (Wildman–Crippen LogP) is 1.03. The van der Waals surface area contributed by atoms with Crippen molar-refractivity contribution >= 4 is 15.7 Å². The Labute approximate surface area is 110 Å². The number of nitrogens with one attached hydrogen (secondary N) is 1. The van der Waals surface area contributed by atoms with Crippen molar-refractivity contribution in [2.45, 2.75) is 18.2 Å². The molecule has 6 nitrogen and oxygen atoms in total. The quantitative estimate of drug-likeness (QED) is 0.759. The summed E-state index contributed by atoms with van der Waals surface area (Å²) in [4.78, 5) is 0. The summed E-state index contributed by atoms with van der Waals surface area (Å²) in [6, 6.07) is 10.1. The molecule has 7 heteroatoms. The summed E-state index contributed by atoms with van der Waals surface area (Å²) >= 11 is 0. The molecule has 0 aliphatic rings. The topological polar surface area (TPSA) is 106 Å². The second kappa shape index (κ2) is 5.43. The number of anilines is 1. The summed E-state index contributed by atoms with van der Waals surface area (Å²) in [6.07, 6.45) is 0. The van der Waals surface area contributed by atoms with Crippen molar-refractivity contribution in [2.24, 2.45) is 5.14 Å². The molecule has 4 N–H and O–H groups in total. The van der Waals surface area contributed by atoms with Gasteiger partial charge in [0.05, 0.1) is 13.2 Å². The highest BCUT2D eigenvalue weighted by Gasteiger charge is 2.12. The minimum Gasteiger partial charge on any atom is -0.446 e. The molecular formula is C12H14N2O4S. The second-order valence-corrected chi connectivity index (χ2v) is 5.47. The Bertz CT molecular complexity index is 647. The number of nitrogens with two attached hydrogens (primary N) is 1. The standard InChI is InChI=1S/C12H14N2O4S/c13-19(16,17)12-6-5-11(18-12)7-14-10-3-1-9(8-15)2-4-10/h1-6,14-15H,7-8H2,(H2,13,16,17). The van der Waals surface area contributed by atoms with Crippen molar-refractivity contribution < 1.29 is 17.9 Å². The first-order valence-electron chi connectivity index (χ1n) is 5.54. The average Bonchev–Trinajstić information content (AvgIpc) is 2.86. The van der Waals surface area contributed by atoms with E-state index in [0.717, 1.165) is 11.3 Å². The molecule has 0 aliphatic heterocycles. The molecule has 19 heavy (non-hydrogen) atoms. The third-order valence-corrected chi connectivity index (χ3v) is 3.30. The third-order valence-electron chi connectivity index (χ3n) is 2.52. The van der Waals surface area contributed by atoms with Crippen LogP contribution in [0.25, 0.3) is 0 Å². The lowest BCUT2D eigenvalue weighted by atomic mass is 10.2. The molecule has 0 bridgehead atoms. The number of aliphatic hydroxyl groups is 1. The Morgan fingerprint density at radius 3 is 2.37 bits per heavy atom. The van der Waals surface area contributed by atoms with E-state index in [4.69, 9.17) is 14.7 Å². The van der Waals surface area contributed by atoms with Gasteiger partial charge in [-0.3, -0.25) is 0 Å². The SMILES string of the molecule is NS(=O)(=O)c1ccc(CNc2ccc(CO)cc2)o1. The zero-order valence-corrected chi connectivity index (χ0v) is 10.9. The van der Waals surface area contributed by atoms with E-state index in [1.807, 2.05) is 12.1 Å². The molecule has 2 aromatic rings. The van der Waals surface area contributed by atoms with Crippen LogP contribution in [0.3, 0.4) is 0 Å². The highest BCUT2D eigenvalue weighted by atomic mass is 32.2. The number of aliphatic hydroxyl groups excluding tert-OH is 1. The number of benzene rings is 1. The van der Waals surface area contributed by atoms with Gasteiger partial charge in [0.25, 0.3) is 10.0 Å². The fraction of sp³-hybridized carbons (Fsp3) is 0.167. The number of rotatable bonds is 5. The largest absolute Gasteiger partial charge is 0.446 e. The molecule has 102 valence electrons. The predicted molar refractivity (Wildman–Crippen MR) is 69.8 cm³/mol. The van der Waals surface area contributed by atoms with Crippen LogP contribution in [0.15, 0.2) is 45.9 Å². The van der Waals surface area contributed by atoms with Crippen LogP contribution in [-0.4, -0.2) is 13.5 Å². The molecule has 0 atom stereocenters. The van der Waals surface area contributed by atoms with Crippen LogP contribution in [0.5, 0.6) is 0 Å². The molecule has 0 radical (unpaired) electrons. The van der Waals surface area contributed by atoms with Crippen molar-refractivity contribution in [3.63, 3.8) is 0 Å². The van der Waals surface area contributed by atoms with E-state index in [2.05, 4.69) is 5.32 Å². The molecule has 0 amide bonds. The summed E-state index contributed by atoms with van der Waals surface area (Å²) < 4.78 is 27.2. The van der Waals surface area contributed by atoms with Crippen molar-refractivity contribution in [1.82, 2.24) is 0 Å². The van der Waals surface area contributed by atoms with Gasteiger partial charge in [-0.1, -0.05) is 12.1 Å². The monoisotopic (exact) mass is 282 g/mol. The van der Waals surface area contributed by atoms with E-state index in [-0.39, 0.29) is 11.7 Å². The molecule has 0 spiro atoms. The first-order valence-corrected chi connectivity index (χ1v) is 7.09. The fourth-order valence-corrected chi connectivity index (χ4v) is 2.00. The van der Waals surface area contributed by atoms with Crippen LogP contribution in [0.2, 0.25) is 0 Å². The minimum absolute atomic E-state index is 0.00379. The molecule has 0 saturated heterocycles. The molecule has 1 heterocycles. The number of furan rings is 1. The smallest absolute Gasteiger partial charge is 0.271 e. The molecular weight excluding hydrogens is 268 g/mol. The van der Waals surface area contributed by atoms with Crippen molar-refractivity contribution in [3.8, 4) is 0 Å². The second-order valence-electron chi connectivity index (χ2n) is 3.97. The summed E-state index contributed by atoms with van der Waals surface area (Å²) in [7, 11) is -3.80. The Kier molecular flexibility index (Phi) is 3.89. The van der Waals surface area contributed by atoms with Crippen LogP contribution >= 0.6 is 0 Å². The van der Waals surface area contributed by atoms with E-state index in [0.29, 0.717) is 12.3 Å². The van der Waals surface area contributed by atoms with Crippen LogP contribution < -0.4 is 10.5 Å². The zero-order valence-electron chi connectivity index (χ0n) is 10.0. The van der Waals surface area contributed by atoms with Crippen LogP contribution in [0.1, 0.15) is 11.3 Å². The van der Waals surface area contributed by atoms with E-state index in [1.54, 1.807) is 18.2 Å². The molecule has 0 aliphatic carbocycles. The lowest BCUT2D eigenvalue weighted by Gasteiger charge is -2.05. The van der Waals surface area contributed by atoms with Crippen LogP contribution in [0, 0.1) is 0 Å². The van der Waals surface area contributed by atoms with Gasteiger partial charge in [0.15, 0.2) is 0 Å².